The minimum absolute atomic E-state index is 0.0426. The van der Waals surface area contributed by atoms with Crippen LogP contribution in [0.2, 0.25) is 0 Å². The third kappa shape index (κ3) is 2.04. The van der Waals surface area contributed by atoms with Crippen molar-refractivity contribution in [2.45, 2.75) is 6.61 Å². The number of nitrogens with zero attached hydrogens (tertiary/aromatic N) is 2. The van der Waals surface area contributed by atoms with Crippen molar-refractivity contribution in [3.05, 3.63) is 46.8 Å². The van der Waals surface area contributed by atoms with E-state index < -0.39 is 0 Å². The zero-order chi connectivity index (χ0) is 10.7. The van der Waals surface area contributed by atoms with Crippen LogP contribution < -0.4 is 0 Å². The Morgan fingerprint density at radius 1 is 1.47 bits per heavy atom. The summed E-state index contributed by atoms with van der Waals surface area (Å²) in [4.78, 5) is 7.60. The third-order valence-electron chi connectivity index (χ3n) is 1.94. The Bertz CT molecular complexity index is 513. The lowest BCUT2D eigenvalue weighted by Crippen LogP contribution is -1.82. The molecule has 2 rings (SSSR count). The van der Waals surface area contributed by atoms with Crippen LogP contribution in [0, 0.1) is 6.57 Å². The van der Waals surface area contributed by atoms with E-state index in [0.29, 0.717) is 11.4 Å². The van der Waals surface area contributed by atoms with E-state index in [1.54, 1.807) is 12.1 Å². The Hall–Kier alpha value is -1.70. The van der Waals surface area contributed by atoms with E-state index in [2.05, 4.69) is 9.83 Å². The van der Waals surface area contributed by atoms with E-state index in [-0.39, 0.29) is 6.61 Å². The Labute approximate surface area is 91.5 Å². The summed E-state index contributed by atoms with van der Waals surface area (Å²) >= 11 is 1.47. The van der Waals surface area contributed by atoms with E-state index >= 15 is 0 Å². The van der Waals surface area contributed by atoms with Crippen molar-refractivity contribution in [2.24, 2.45) is 0 Å². The van der Waals surface area contributed by atoms with Crippen LogP contribution in [-0.4, -0.2) is 10.1 Å². The van der Waals surface area contributed by atoms with Gasteiger partial charge < -0.3 is 5.11 Å². The number of aliphatic hydroxyl groups is 1. The van der Waals surface area contributed by atoms with Crippen molar-refractivity contribution in [1.29, 1.82) is 0 Å². The van der Waals surface area contributed by atoms with Gasteiger partial charge in [-0.1, -0.05) is 18.2 Å². The van der Waals surface area contributed by atoms with Gasteiger partial charge in [0.05, 0.1) is 18.9 Å². The van der Waals surface area contributed by atoms with Crippen molar-refractivity contribution in [3.63, 3.8) is 0 Å². The first-order valence-corrected chi connectivity index (χ1v) is 5.24. The second kappa shape index (κ2) is 4.22. The molecule has 1 aromatic carbocycles. The van der Waals surface area contributed by atoms with E-state index in [9.17, 15) is 0 Å². The second-order valence-corrected chi connectivity index (χ2v) is 3.82. The van der Waals surface area contributed by atoms with Gasteiger partial charge in [0.25, 0.3) is 0 Å². The molecule has 0 saturated heterocycles. The molecule has 0 aliphatic heterocycles. The van der Waals surface area contributed by atoms with Crippen LogP contribution in [0.15, 0.2) is 29.6 Å². The molecule has 1 aromatic heterocycles. The zero-order valence-electron chi connectivity index (χ0n) is 7.84. The van der Waals surface area contributed by atoms with Crippen molar-refractivity contribution < 1.29 is 5.11 Å². The lowest BCUT2D eigenvalue weighted by Gasteiger charge is -1.96. The molecule has 2 aromatic rings. The van der Waals surface area contributed by atoms with Gasteiger partial charge in [-0.05, 0) is 11.6 Å². The molecule has 0 radical (unpaired) electrons. The van der Waals surface area contributed by atoms with Crippen molar-refractivity contribution >= 4 is 17.0 Å². The first kappa shape index (κ1) is 9.84. The molecule has 15 heavy (non-hydrogen) atoms. The molecule has 1 heterocycles. The van der Waals surface area contributed by atoms with Gasteiger partial charge in [-0.15, -0.1) is 11.3 Å². The van der Waals surface area contributed by atoms with Crippen molar-refractivity contribution in [2.75, 3.05) is 0 Å². The van der Waals surface area contributed by atoms with Crippen LogP contribution in [0.1, 0.15) is 5.69 Å². The van der Waals surface area contributed by atoms with Gasteiger partial charge in [0.1, 0.15) is 5.01 Å². The molecular formula is C11H8N2OS. The largest absolute Gasteiger partial charge is 0.390 e. The lowest BCUT2D eigenvalue weighted by molar-refractivity contribution is 0.278. The minimum atomic E-state index is -0.0426. The fourth-order valence-corrected chi connectivity index (χ4v) is 2.03. The van der Waals surface area contributed by atoms with Gasteiger partial charge >= 0.3 is 0 Å². The van der Waals surface area contributed by atoms with Crippen LogP contribution in [0.5, 0.6) is 0 Å². The molecule has 0 fully saturated rings. The highest BCUT2D eigenvalue weighted by molar-refractivity contribution is 7.13. The Balaban J connectivity index is 2.41. The average molecular weight is 216 g/mol. The number of aromatic nitrogens is 1. The molecular weight excluding hydrogens is 208 g/mol. The standard InChI is InChI=1S/C11H8N2OS/c1-12-9-4-2-3-8(5-9)11-13-10(6-14)7-15-11/h2-5,7,14H,6H2. The summed E-state index contributed by atoms with van der Waals surface area (Å²) in [5, 5.41) is 11.6. The summed E-state index contributed by atoms with van der Waals surface area (Å²) in [5.74, 6) is 0. The van der Waals surface area contributed by atoms with E-state index in [1.165, 1.54) is 11.3 Å². The predicted octanol–water partition coefficient (Wildman–Crippen LogP) is 2.85. The molecule has 0 unspecified atom stereocenters. The van der Waals surface area contributed by atoms with E-state index in [1.807, 2.05) is 17.5 Å². The molecule has 0 amide bonds. The number of benzene rings is 1. The topological polar surface area (TPSA) is 37.5 Å². The highest BCUT2D eigenvalue weighted by Gasteiger charge is 2.04. The molecule has 0 spiro atoms. The number of hydrogen-bond donors (Lipinski definition) is 1. The van der Waals surface area contributed by atoms with Crippen LogP contribution >= 0.6 is 11.3 Å². The summed E-state index contributed by atoms with van der Waals surface area (Å²) in [5.41, 5.74) is 2.20. The fourth-order valence-electron chi connectivity index (χ4n) is 1.22. The van der Waals surface area contributed by atoms with Crippen LogP contribution in [0.25, 0.3) is 15.4 Å². The second-order valence-electron chi connectivity index (χ2n) is 2.96. The normalized spacial score (nSPS) is 9.87. The molecule has 0 bridgehead atoms. The SMILES string of the molecule is [C-]#[N+]c1cccc(-c2nc(CO)cs2)c1. The van der Waals surface area contributed by atoms with E-state index in [0.717, 1.165) is 10.6 Å². The van der Waals surface area contributed by atoms with Gasteiger partial charge in [0.2, 0.25) is 0 Å². The maximum atomic E-state index is 8.89. The first-order valence-electron chi connectivity index (χ1n) is 4.36. The maximum absolute atomic E-state index is 8.89. The summed E-state index contributed by atoms with van der Waals surface area (Å²) < 4.78 is 0. The van der Waals surface area contributed by atoms with Crippen LogP contribution in [-0.2, 0) is 6.61 Å². The monoisotopic (exact) mass is 216 g/mol. The highest BCUT2D eigenvalue weighted by Crippen LogP contribution is 2.26. The Morgan fingerprint density at radius 2 is 2.33 bits per heavy atom. The predicted molar refractivity (Wildman–Crippen MR) is 59.7 cm³/mol. The smallest absolute Gasteiger partial charge is 0.187 e. The number of rotatable bonds is 2. The van der Waals surface area contributed by atoms with Gasteiger partial charge in [0, 0.05) is 5.38 Å². The Morgan fingerprint density at radius 3 is 3.00 bits per heavy atom. The number of hydrogen-bond acceptors (Lipinski definition) is 3. The number of thiazole rings is 1. The highest BCUT2D eigenvalue weighted by atomic mass is 32.1. The molecule has 74 valence electrons. The van der Waals surface area contributed by atoms with Gasteiger partial charge in [-0.3, -0.25) is 0 Å². The van der Waals surface area contributed by atoms with Crippen LogP contribution in [0.4, 0.5) is 5.69 Å². The maximum Gasteiger partial charge on any atom is 0.187 e. The fraction of sp³-hybridized carbons (Fsp3) is 0.0909. The molecule has 4 heteroatoms. The lowest BCUT2D eigenvalue weighted by atomic mass is 10.2. The van der Waals surface area contributed by atoms with Gasteiger partial charge in [-0.2, -0.15) is 0 Å². The minimum Gasteiger partial charge on any atom is -0.390 e. The van der Waals surface area contributed by atoms with Crippen molar-refractivity contribution in [3.8, 4) is 10.6 Å². The summed E-state index contributed by atoms with van der Waals surface area (Å²) in [6.07, 6.45) is 0. The third-order valence-corrected chi connectivity index (χ3v) is 2.88. The summed E-state index contributed by atoms with van der Waals surface area (Å²) in [6, 6.07) is 7.31. The summed E-state index contributed by atoms with van der Waals surface area (Å²) in [6.45, 7) is 6.87. The molecule has 0 aliphatic rings. The van der Waals surface area contributed by atoms with Gasteiger partial charge in [-0.25, -0.2) is 9.83 Å². The quantitative estimate of drug-likeness (QED) is 0.784. The molecule has 3 nitrogen and oxygen atoms in total. The Kier molecular flexibility index (Phi) is 2.77. The zero-order valence-corrected chi connectivity index (χ0v) is 8.66. The van der Waals surface area contributed by atoms with E-state index in [4.69, 9.17) is 11.7 Å². The first-order chi connectivity index (χ1) is 7.33. The molecule has 0 aliphatic carbocycles. The van der Waals surface area contributed by atoms with Crippen molar-refractivity contribution in [1.82, 2.24) is 4.98 Å². The van der Waals surface area contributed by atoms with Crippen LogP contribution in [0.3, 0.4) is 0 Å². The molecule has 0 atom stereocenters. The molecule has 1 N–H and O–H groups in total. The summed E-state index contributed by atoms with van der Waals surface area (Å²) in [7, 11) is 0. The average Bonchev–Trinajstić information content (AvgIpc) is 2.78. The van der Waals surface area contributed by atoms with Gasteiger partial charge in [0.15, 0.2) is 5.69 Å². The molecule has 0 saturated carbocycles. The number of aliphatic hydroxyl groups excluding tert-OH is 1.